The number of rotatable bonds is 3. The summed E-state index contributed by atoms with van der Waals surface area (Å²) in [5.41, 5.74) is 1.91. The van der Waals surface area contributed by atoms with E-state index < -0.39 is 5.91 Å². The molecule has 5 heteroatoms. The van der Waals surface area contributed by atoms with E-state index in [0.29, 0.717) is 16.3 Å². The summed E-state index contributed by atoms with van der Waals surface area (Å²) in [7, 11) is 0. The number of carbonyl (C=O) groups is 1. The Labute approximate surface area is 133 Å². The fraction of sp³-hybridized carbons (Fsp3) is 0.0588. The Hall–Kier alpha value is -2.77. The maximum Gasteiger partial charge on any atom is 0.266 e. The summed E-state index contributed by atoms with van der Waals surface area (Å²) < 4.78 is 0. The zero-order chi connectivity index (χ0) is 16.1. The molecule has 0 bridgehead atoms. The van der Waals surface area contributed by atoms with Crippen LogP contribution in [0.25, 0.3) is 6.08 Å². The maximum absolute atomic E-state index is 12.1. The fourth-order valence-electron chi connectivity index (χ4n) is 1.80. The molecule has 0 unspecified atom stereocenters. The SMILES string of the molecule is Cc1ccc(NC(=O)C(C#N)=Cc2cccc(O)c2)cc1Cl. The van der Waals surface area contributed by atoms with Gasteiger partial charge in [0.15, 0.2) is 0 Å². The standard InChI is InChI=1S/C17H13ClN2O2/c1-11-5-6-14(9-16(11)18)20-17(22)13(10-19)7-12-3-2-4-15(21)8-12/h2-9,21H,1H3,(H,20,22). The van der Waals surface area contributed by atoms with Crippen LogP contribution in [0.2, 0.25) is 5.02 Å². The summed E-state index contributed by atoms with van der Waals surface area (Å²) in [4.78, 5) is 12.1. The second-order valence-electron chi connectivity index (χ2n) is 4.68. The molecule has 0 heterocycles. The van der Waals surface area contributed by atoms with Gasteiger partial charge in [0.05, 0.1) is 0 Å². The molecule has 0 fully saturated rings. The number of carbonyl (C=O) groups excluding carboxylic acids is 1. The van der Waals surface area contributed by atoms with E-state index in [0.717, 1.165) is 5.56 Å². The molecule has 0 aliphatic carbocycles. The van der Waals surface area contributed by atoms with Gasteiger partial charge < -0.3 is 10.4 Å². The van der Waals surface area contributed by atoms with Crippen LogP contribution >= 0.6 is 11.6 Å². The Morgan fingerprint density at radius 3 is 2.73 bits per heavy atom. The topological polar surface area (TPSA) is 73.1 Å². The molecule has 0 saturated heterocycles. The molecule has 0 saturated carbocycles. The van der Waals surface area contributed by atoms with Crippen LogP contribution < -0.4 is 5.32 Å². The smallest absolute Gasteiger partial charge is 0.266 e. The fourth-order valence-corrected chi connectivity index (χ4v) is 1.98. The molecule has 0 atom stereocenters. The number of hydrogen-bond acceptors (Lipinski definition) is 3. The average Bonchev–Trinajstić information content (AvgIpc) is 2.48. The molecule has 0 spiro atoms. The highest BCUT2D eigenvalue weighted by atomic mass is 35.5. The molecule has 0 aliphatic heterocycles. The Kier molecular flexibility index (Phi) is 4.82. The van der Waals surface area contributed by atoms with Crippen LogP contribution in [0.4, 0.5) is 5.69 Å². The minimum atomic E-state index is -0.536. The number of phenols is 1. The van der Waals surface area contributed by atoms with E-state index in [1.807, 2.05) is 13.0 Å². The van der Waals surface area contributed by atoms with Crippen molar-refractivity contribution in [2.45, 2.75) is 6.92 Å². The van der Waals surface area contributed by atoms with Gasteiger partial charge in [0.1, 0.15) is 17.4 Å². The highest BCUT2D eigenvalue weighted by Crippen LogP contribution is 2.21. The summed E-state index contributed by atoms with van der Waals surface area (Å²) >= 11 is 6.00. The normalized spacial score (nSPS) is 10.9. The van der Waals surface area contributed by atoms with Crippen LogP contribution in [-0.2, 0) is 4.79 Å². The first-order valence-electron chi connectivity index (χ1n) is 6.48. The molecule has 110 valence electrons. The number of phenolic OH excluding ortho intramolecular Hbond substituents is 1. The van der Waals surface area contributed by atoms with Gasteiger partial charge in [0, 0.05) is 10.7 Å². The first kappa shape index (κ1) is 15.6. The molecular formula is C17H13ClN2O2. The molecule has 2 rings (SSSR count). The van der Waals surface area contributed by atoms with Crippen molar-refractivity contribution in [3.8, 4) is 11.8 Å². The van der Waals surface area contributed by atoms with E-state index in [2.05, 4.69) is 5.32 Å². The van der Waals surface area contributed by atoms with Crippen molar-refractivity contribution < 1.29 is 9.90 Å². The van der Waals surface area contributed by atoms with Crippen molar-refractivity contribution in [3.63, 3.8) is 0 Å². The number of aryl methyl sites for hydroxylation is 1. The first-order chi connectivity index (χ1) is 10.5. The average molecular weight is 313 g/mol. The van der Waals surface area contributed by atoms with Gasteiger partial charge in [-0.25, -0.2) is 0 Å². The van der Waals surface area contributed by atoms with Crippen molar-refractivity contribution in [1.82, 2.24) is 0 Å². The predicted octanol–water partition coefficient (Wildman–Crippen LogP) is 3.90. The van der Waals surface area contributed by atoms with E-state index in [1.165, 1.54) is 18.2 Å². The summed E-state index contributed by atoms with van der Waals surface area (Å²) in [5, 5.41) is 21.7. The van der Waals surface area contributed by atoms with E-state index in [4.69, 9.17) is 16.9 Å². The summed E-state index contributed by atoms with van der Waals surface area (Å²) in [6, 6.07) is 13.3. The molecular weight excluding hydrogens is 300 g/mol. The van der Waals surface area contributed by atoms with Crippen molar-refractivity contribution in [1.29, 1.82) is 5.26 Å². The quantitative estimate of drug-likeness (QED) is 0.667. The number of hydrogen-bond donors (Lipinski definition) is 2. The van der Waals surface area contributed by atoms with Gasteiger partial charge in [-0.2, -0.15) is 5.26 Å². The molecule has 0 aliphatic rings. The maximum atomic E-state index is 12.1. The highest BCUT2D eigenvalue weighted by Gasteiger charge is 2.10. The third-order valence-electron chi connectivity index (χ3n) is 2.98. The van der Waals surface area contributed by atoms with Crippen molar-refractivity contribution in [3.05, 3.63) is 64.2 Å². The van der Waals surface area contributed by atoms with Crippen LogP contribution in [0, 0.1) is 18.3 Å². The zero-order valence-electron chi connectivity index (χ0n) is 11.8. The minimum Gasteiger partial charge on any atom is -0.508 e. The Morgan fingerprint density at radius 2 is 2.09 bits per heavy atom. The van der Waals surface area contributed by atoms with E-state index in [9.17, 15) is 9.90 Å². The minimum absolute atomic E-state index is 0.0664. The third-order valence-corrected chi connectivity index (χ3v) is 3.38. The van der Waals surface area contributed by atoms with Gasteiger partial charge in [-0.3, -0.25) is 4.79 Å². The summed E-state index contributed by atoms with van der Waals surface area (Å²) in [6.45, 7) is 1.86. The van der Waals surface area contributed by atoms with Gasteiger partial charge in [-0.15, -0.1) is 0 Å². The lowest BCUT2D eigenvalue weighted by molar-refractivity contribution is -0.112. The van der Waals surface area contributed by atoms with E-state index in [-0.39, 0.29) is 11.3 Å². The van der Waals surface area contributed by atoms with Gasteiger partial charge >= 0.3 is 0 Å². The van der Waals surface area contributed by atoms with Crippen LogP contribution in [0.3, 0.4) is 0 Å². The Bertz CT molecular complexity index is 791. The lowest BCUT2D eigenvalue weighted by Crippen LogP contribution is -2.13. The number of amides is 1. The van der Waals surface area contributed by atoms with Crippen LogP contribution in [0.5, 0.6) is 5.75 Å². The molecule has 2 aromatic carbocycles. The number of halogens is 1. The van der Waals surface area contributed by atoms with Gasteiger partial charge in [0.2, 0.25) is 0 Å². The first-order valence-corrected chi connectivity index (χ1v) is 6.86. The second kappa shape index (κ2) is 6.79. The predicted molar refractivity (Wildman–Crippen MR) is 86.5 cm³/mol. The molecule has 0 aromatic heterocycles. The molecule has 2 N–H and O–H groups in total. The van der Waals surface area contributed by atoms with Crippen LogP contribution in [-0.4, -0.2) is 11.0 Å². The zero-order valence-corrected chi connectivity index (χ0v) is 12.6. The lowest BCUT2D eigenvalue weighted by Gasteiger charge is -2.06. The molecule has 0 radical (unpaired) electrons. The number of benzene rings is 2. The third kappa shape index (κ3) is 3.87. The molecule has 2 aromatic rings. The Balaban J connectivity index is 2.22. The van der Waals surface area contributed by atoms with Crippen molar-refractivity contribution in [2.75, 3.05) is 5.32 Å². The number of anilines is 1. The van der Waals surface area contributed by atoms with Crippen LogP contribution in [0.15, 0.2) is 48.0 Å². The molecule has 4 nitrogen and oxygen atoms in total. The highest BCUT2D eigenvalue weighted by molar-refractivity contribution is 6.31. The van der Waals surface area contributed by atoms with E-state index in [1.54, 1.807) is 30.3 Å². The summed E-state index contributed by atoms with van der Waals surface area (Å²) in [6.07, 6.45) is 1.41. The second-order valence-corrected chi connectivity index (χ2v) is 5.09. The summed E-state index contributed by atoms with van der Waals surface area (Å²) in [5.74, 6) is -0.470. The van der Waals surface area contributed by atoms with Crippen molar-refractivity contribution >= 4 is 29.3 Å². The van der Waals surface area contributed by atoms with E-state index >= 15 is 0 Å². The number of aromatic hydroxyl groups is 1. The van der Waals surface area contributed by atoms with Crippen molar-refractivity contribution in [2.24, 2.45) is 0 Å². The number of nitrogens with zero attached hydrogens (tertiary/aromatic N) is 1. The van der Waals surface area contributed by atoms with Gasteiger partial charge in [0.25, 0.3) is 5.91 Å². The lowest BCUT2D eigenvalue weighted by atomic mass is 10.1. The van der Waals surface area contributed by atoms with Gasteiger partial charge in [-0.05, 0) is 48.4 Å². The van der Waals surface area contributed by atoms with Gasteiger partial charge in [-0.1, -0.05) is 29.8 Å². The largest absolute Gasteiger partial charge is 0.508 e. The van der Waals surface area contributed by atoms with Crippen LogP contribution in [0.1, 0.15) is 11.1 Å². The Morgan fingerprint density at radius 1 is 1.32 bits per heavy atom. The molecule has 22 heavy (non-hydrogen) atoms. The molecule has 1 amide bonds. The monoisotopic (exact) mass is 312 g/mol. The number of nitrogens with one attached hydrogen (secondary N) is 1. The number of nitriles is 1.